The highest BCUT2D eigenvalue weighted by Gasteiger charge is 2.11. The fourth-order valence-corrected chi connectivity index (χ4v) is 1.12. The number of hydrogen-bond donors (Lipinski definition) is 2. The molecule has 0 atom stereocenters. The summed E-state index contributed by atoms with van der Waals surface area (Å²) in [5, 5.41) is 0. The monoisotopic (exact) mass is 226 g/mol. The summed E-state index contributed by atoms with van der Waals surface area (Å²) in [6.45, 7) is 11.0. The molecule has 0 aliphatic heterocycles. The van der Waals surface area contributed by atoms with Gasteiger partial charge in [0, 0.05) is 5.54 Å². The summed E-state index contributed by atoms with van der Waals surface area (Å²) in [6.07, 6.45) is 0. The van der Waals surface area contributed by atoms with Crippen LogP contribution in [0.5, 0.6) is 0 Å². The minimum absolute atomic E-state index is 0.250. The van der Waals surface area contributed by atoms with Gasteiger partial charge in [-0.15, -0.1) is 0 Å². The van der Waals surface area contributed by atoms with E-state index >= 15 is 0 Å². The molecule has 88 valence electrons. The van der Waals surface area contributed by atoms with Crippen LogP contribution >= 0.6 is 0 Å². The molecule has 0 aliphatic carbocycles. The lowest BCUT2D eigenvalue weighted by atomic mass is 10.1. The van der Waals surface area contributed by atoms with E-state index in [1.54, 1.807) is 20.8 Å². The molecule has 0 spiro atoms. The van der Waals surface area contributed by atoms with E-state index in [0.29, 0.717) is 0 Å². The smallest absolute Gasteiger partial charge is 0.159 e. The van der Waals surface area contributed by atoms with Gasteiger partial charge >= 0.3 is 0 Å². The Hall–Kier alpha value is -0.170. The second-order valence-corrected chi connectivity index (χ2v) is 6.48. The Morgan fingerprint density at radius 3 is 1.29 bits per heavy atom. The lowest BCUT2D eigenvalue weighted by Gasteiger charge is -2.22. The number of nitrogens with one attached hydrogen (secondary N) is 1. The Morgan fingerprint density at radius 1 is 1.07 bits per heavy atom. The van der Waals surface area contributed by atoms with Gasteiger partial charge in [-0.1, -0.05) is 0 Å². The van der Waals surface area contributed by atoms with Crippen LogP contribution < -0.4 is 10.5 Å². The zero-order chi connectivity index (χ0) is 12.2. The molecule has 4 N–H and O–H groups in total. The molecule has 0 aromatic carbocycles. The van der Waals surface area contributed by atoms with Crippen molar-refractivity contribution in [2.24, 2.45) is 0 Å². The zero-order valence-corrected chi connectivity index (χ0v) is 10.7. The standard InChI is InChI=1S/C4H11NO3S.C4H11N/c1-4(2,3)5-9(6,7)8;1-4(2,3)5/h5H,1-3H3,(H,6,7,8);5H2,1-3H3. The van der Waals surface area contributed by atoms with Crippen LogP contribution in [0.1, 0.15) is 41.5 Å². The maximum absolute atomic E-state index is 9.98. The summed E-state index contributed by atoms with van der Waals surface area (Å²) in [5.41, 5.74) is 3.35. The highest BCUT2D eigenvalue weighted by Crippen LogP contribution is 1.99. The van der Waals surface area contributed by atoms with Crippen molar-refractivity contribution in [3.05, 3.63) is 0 Å². The molecule has 0 radical (unpaired) electrons. The molecule has 0 aromatic rings. The van der Waals surface area contributed by atoms with Gasteiger partial charge in [-0.3, -0.25) is 0 Å². The van der Waals surface area contributed by atoms with Crippen LogP contribution in [0.25, 0.3) is 0 Å². The van der Waals surface area contributed by atoms with Gasteiger partial charge in [0.2, 0.25) is 0 Å². The van der Waals surface area contributed by atoms with E-state index in [1.165, 1.54) is 0 Å². The summed E-state index contributed by atoms with van der Waals surface area (Å²) in [6, 6.07) is 0. The normalized spacial score (nSPS) is 13.1. The van der Waals surface area contributed by atoms with Crippen LogP contribution in [0, 0.1) is 0 Å². The van der Waals surface area contributed by atoms with Crippen molar-refractivity contribution >= 4 is 10.3 Å². The third-order valence-corrected chi connectivity index (χ3v) is 1.29. The van der Waals surface area contributed by atoms with Crippen molar-refractivity contribution in [3.8, 4) is 0 Å². The van der Waals surface area contributed by atoms with E-state index < -0.39 is 15.8 Å². The third-order valence-electron chi connectivity index (χ3n) is 0.431. The average Bonchev–Trinajstić information content (AvgIpc) is 1.42. The van der Waals surface area contributed by atoms with Crippen molar-refractivity contribution in [2.75, 3.05) is 0 Å². The minimum Gasteiger partial charge on any atom is -0.735 e. The van der Waals surface area contributed by atoms with E-state index in [9.17, 15) is 13.0 Å². The van der Waals surface area contributed by atoms with Crippen molar-refractivity contribution in [2.45, 2.75) is 52.6 Å². The van der Waals surface area contributed by atoms with E-state index in [1.807, 2.05) is 4.72 Å². The molecular formula is C8H22N2O3S. The van der Waals surface area contributed by atoms with Crippen LogP contribution in [0.15, 0.2) is 0 Å². The van der Waals surface area contributed by atoms with Crippen molar-refractivity contribution in [3.63, 3.8) is 0 Å². The predicted octanol–water partition coefficient (Wildman–Crippen LogP) is -0.138. The summed E-state index contributed by atoms with van der Waals surface area (Å²) in [4.78, 5) is 0. The van der Waals surface area contributed by atoms with Crippen molar-refractivity contribution in [1.82, 2.24) is 4.72 Å². The van der Waals surface area contributed by atoms with Gasteiger partial charge in [-0.2, -0.15) is 0 Å². The Kier molecular flexibility index (Phi) is 5.88. The fraction of sp³-hybridized carbons (Fsp3) is 1.00. The molecule has 0 aliphatic rings. The number of hydrogen-bond acceptors (Lipinski definition) is 3. The van der Waals surface area contributed by atoms with Crippen LogP contribution in [-0.4, -0.2) is 24.0 Å². The van der Waals surface area contributed by atoms with Crippen LogP contribution in [0.3, 0.4) is 0 Å². The SMILES string of the molecule is CC(C)(C)NS(=O)(=O)[O-].CC(C)(C)[NH3+]. The first-order valence-corrected chi connectivity index (χ1v) is 5.72. The predicted molar refractivity (Wildman–Crippen MR) is 55.2 cm³/mol. The molecule has 0 amide bonds. The molecule has 0 rings (SSSR count). The van der Waals surface area contributed by atoms with E-state index in [0.717, 1.165) is 0 Å². The Morgan fingerprint density at radius 2 is 1.29 bits per heavy atom. The first-order chi connectivity index (χ1) is 5.71. The van der Waals surface area contributed by atoms with Gasteiger partial charge in [-0.05, 0) is 41.5 Å². The number of quaternary nitrogens is 1. The molecule has 0 fully saturated rings. The van der Waals surface area contributed by atoms with Gasteiger partial charge in [0.05, 0.1) is 5.54 Å². The highest BCUT2D eigenvalue weighted by molar-refractivity contribution is 7.83. The van der Waals surface area contributed by atoms with Crippen molar-refractivity contribution in [1.29, 1.82) is 0 Å². The lowest BCUT2D eigenvalue weighted by Crippen LogP contribution is -2.67. The van der Waals surface area contributed by atoms with Gasteiger partial charge in [0.1, 0.15) is 0 Å². The van der Waals surface area contributed by atoms with Crippen LogP contribution in [0.4, 0.5) is 0 Å². The van der Waals surface area contributed by atoms with Gasteiger partial charge in [-0.25, -0.2) is 13.1 Å². The van der Waals surface area contributed by atoms with Gasteiger partial charge in [0.15, 0.2) is 10.3 Å². The van der Waals surface area contributed by atoms with Crippen molar-refractivity contribution < 1.29 is 18.7 Å². The van der Waals surface area contributed by atoms with E-state index in [2.05, 4.69) is 26.5 Å². The molecule has 5 nitrogen and oxygen atoms in total. The Bertz CT molecular complexity index is 241. The molecule has 6 heteroatoms. The summed E-state index contributed by atoms with van der Waals surface area (Å²) in [5.74, 6) is 0. The highest BCUT2D eigenvalue weighted by atomic mass is 32.2. The largest absolute Gasteiger partial charge is 0.735 e. The summed E-state index contributed by atoms with van der Waals surface area (Å²) in [7, 11) is -4.28. The molecule has 0 saturated carbocycles. The zero-order valence-electron chi connectivity index (χ0n) is 9.84. The fourth-order valence-electron chi connectivity index (χ4n) is 0.375. The van der Waals surface area contributed by atoms with E-state index in [4.69, 9.17) is 0 Å². The lowest BCUT2D eigenvalue weighted by molar-refractivity contribution is -0.458. The van der Waals surface area contributed by atoms with Crippen LogP contribution in [-0.2, 0) is 10.3 Å². The molecular weight excluding hydrogens is 204 g/mol. The Labute approximate surface area is 87.0 Å². The molecule has 0 saturated heterocycles. The van der Waals surface area contributed by atoms with Crippen LogP contribution in [0.2, 0.25) is 0 Å². The minimum atomic E-state index is -4.28. The van der Waals surface area contributed by atoms with Gasteiger partial charge in [0.25, 0.3) is 0 Å². The molecule has 0 aromatic heterocycles. The maximum atomic E-state index is 9.98. The molecule has 0 bridgehead atoms. The quantitative estimate of drug-likeness (QED) is 0.609. The Balaban J connectivity index is 0. The third kappa shape index (κ3) is 40.8. The molecule has 14 heavy (non-hydrogen) atoms. The maximum Gasteiger partial charge on any atom is 0.159 e. The summed E-state index contributed by atoms with van der Waals surface area (Å²) >= 11 is 0. The topological polar surface area (TPSA) is 96.9 Å². The second-order valence-electron chi connectivity index (χ2n) is 5.37. The first-order valence-electron chi connectivity index (χ1n) is 4.31. The first kappa shape index (κ1) is 16.3. The average molecular weight is 226 g/mol. The van der Waals surface area contributed by atoms with Gasteiger partial charge < -0.3 is 10.3 Å². The molecule has 0 unspecified atom stereocenters. The number of rotatable bonds is 1. The van der Waals surface area contributed by atoms with E-state index in [-0.39, 0.29) is 5.54 Å². The molecule has 0 heterocycles. The summed E-state index contributed by atoms with van der Waals surface area (Å²) < 4.78 is 31.8. The second kappa shape index (κ2) is 5.06.